The van der Waals surface area contributed by atoms with Gasteiger partial charge in [-0.1, -0.05) is 0 Å². The molecule has 0 radical (unpaired) electrons. The highest BCUT2D eigenvalue weighted by Crippen LogP contribution is 2.14. The Morgan fingerprint density at radius 1 is 1.20 bits per heavy atom. The van der Waals surface area contributed by atoms with Gasteiger partial charge in [-0.2, -0.15) is 5.10 Å². The predicted octanol–water partition coefficient (Wildman–Crippen LogP) is 2.41. The maximum atomic E-state index is 5.13. The number of ether oxygens (including phenoxy) is 1. The zero-order chi connectivity index (χ0) is 14.2. The number of hydrogen-bond donors (Lipinski definition) is 2. The summed E-state index contributed by atoms with van der Waals surface area (Å²) < 4.78 is 5.08. The highest BCUT2D eigenvalue weighted by molar-refractivity contribution is 7.80. The van der Waals surface area contributed by atoms with Crippen LogP contribution in [0, 0.1) is 0 Å². The molecule has 5 nitrogen and oxygen atoms in total. The van der Waals surface area contributed by atoms with Crippen molar-refractivity contribution in [1.29, 1.82) is 0 Å². The van der Waals surface area contributed by atoms with Crippen molar-refractivity contribution in [3.63, 3.8) is 0 Å². The van der Waals surface area contributed by atoms with Crippen LogP contribution >= 0.6 is 12.2 Å². The quantitative estimate of drug-likeness (QED) is 0.513. The van der Waals surface area contributed by atoms with Gasteiger partial charge in [-0.15, -0.1) is 0 Å². The summed E-state index contributed by atoms with van der Waals surface area (Å²) in [4.78, 5) is 3.93. The molecule has 0 saturated heterocycles. The first-order valence-corrected chi connectivity index (χ1v) is 6.33. The number of nitrogens with zero attached hydrogens (tertiary/aromatic N) is 2. The van der Waals surface area contributed by atoms with Gasteiger partial charge in [0.25, 0.3) is 0 Å². The highest BCUT2D eigenvalue weighted by Gasteiger charge is 1.96. The van der Waals surface area contributed by atoms with E-state index in [-0.39, 0.29) is 0 Å². The minimum Gasteiger partial charge on any atom is -0.497 e. The van der Waals surface area contributed by atoms with Crippen molar-refractivity contribution < 1.29 is 4.74 Å². The lowest BCUT2D eigenvalue weighted by atomic mass is 10.3. The average Bonchev–Trinajstić information content (AvgIpc) is 2.49. The van der Waals surface area contributed by atoms with Gasteiger partial charge in [-0.3, -0.25) is 10.4 Å². The second-order valence-electron chi connectivity index (χ2n) is 3.83. The van der Waals surface area contributed by atoms with Gasteiger partial charge >= 0.3 is 0 Å². The zero-order valence-corrected chi connectivity index (χ0v) is 11.7. The number of hydrazone groups is 1. The lowest BCUT2D eigenvalue weighted by Gasteiger charge is -2.07. The molecule has 2 N–H and O–H groups in total. The Morgan fingerprint density at radius 2 is 1.90 bits per heavy atom. The smallest absolute Gasteiger partial charge is 0.191 e. The van der Waals surface area contributed by atoms with Crippen LogP contribution in [0.5, 0.6) is 5.75 Å². The molecule has 0 aliphatic rings. The molecule has 0 amide bonds. The first-order chi connectivity index (χ1) is 9.78. The first kappa shape index (κ1) is 14.0. The van der Waals surface area contributed by atoms with E-state index in [2.05, 4.69) is 20.8 Å². The molecule has 1 aromatic carbocycles. The minimum absolute atomic E-state index is 0.417. The Labute approximate surface area is 122 Å². The van der Waals surface area contributed by atoms with E-state index in [1.54, 1.807) is 25.7 Å². The minimum atomic E-state index is 0.417. The van der Waals surface area contributed by atoms with Crippen molar-refractivity contribution in [1.82, 2.24) is 10.4 Å². The zero-order valence-electron chi connectivity index (χ0n) is 10.9. The maximum Gasteiger partial charge on any atom is 0.191 e. The number of pyridine rings is 1. The molecule has 102 valence electrons. The molecule has 0 fully saturated rings. The van der Waals surface area contributed by atoms with Crippen LogP contribution in [0.4, 0.5) is 5.69 Å². The third-order valence-electron chi connectivity index (χ3n) is 2.43. The van der Waals surface area contributed by atoms with Crippen LogP contribution < -0.4 is 15.5 Å². The monoisotopic (exact) mass is 286 g/mol. The fraction of sp³-hybridized carbons (Fsp3) is 0.0714. The van der Waals surface area contributed by atoms with Crippen molar-refractivity contribution in [2.45, 2.75) is 0 Å². The van der Waals surface area contributed by atoms with E-state index in [0.717, 1.165) is 17.0 Å². The SMILES string of the molecule is COc1ccc(NC(=S)N/N=C\c2ccncc2)cc1. The Morgan fingerprint density at radius 3 is 2.55 bits per heavy atom. The van der Waals surface area contributed by atoms with Gasteiger partial charge in [0.2, 0.25) is 0 Å². The Kier molecular flexibility index (Phi) is 5.02. The standard InChI is InChI=1S/C14H14N4OS/c1-19-13-4-2-12(3-5-13)17-14(20)18-16-10-11-6-8-15-9-7-11/h2-10H,1H3,(H2,17,18,20)/b16-10-. The summed E-state index contributed by atoms with van der Waals surface area (Å²) in [6, 6.07) is 11.2. The van der Waals surface area contributed by atoms with Gasteiger partial charge in [-0.25, -0.2) is 0 Å². The molecule has 0 bridgehead atoms. The topological polar surface area (TPSA) is 58.5 Å². The summed E-state index contributed by atoms with van der Waals surface area (Å²) in [6.45, 7) is 0. The van der Waals surface area contributed by atoms with E-state index in [4.69, 9.17) is 17.0 Å². The van der Waals surface area contributed by atoms with E-state index in [0.29, 0.717) is 5.11 Å². The molecule has 1 heterocycles. The number of anilines is 1. The maximum absolute atomic E-state index is 5.13. The first-order valence-electron chi connectivity index (χ1n) is 5.92. The summed E-state index contributed by atoms with van der Waals surface area (Å²) in [7, 11) is 1.63. The van der Waals surface area contributed by atoms with Crippen LogP contribution in [0.15, 0.2) is 53.9 Å². The lowest BCUT2D eigenvalue weighted by molar-refractivity contribution is 0.415. The van der Waals surface area contributed by atoms with Crippen LogP contribution in [0.3, 0.4) is 0 Å². The summed E-state index contributed by atoms with van der Waals surface area (Å²) >= 11 is 5.13. The Bertz CT molecular complexity index is 584. The number of rotatable bonds is 4. The molecular weight excluding hydrogens is 272 g/mol. The van der Waals surface area contributed by atoms with Crippen molar-refractivity contribution >= 4 is 29.2 Å². The molecule has 2 aromatic rings. The molecular formula is C14H14N4OS. The molecule has 20 heavy (non-hydrogen) atoms. The number of hydrogen-bond acceptors (Lipinski definition) is 4. The van der Waals surface area contributed by atoms with Gasteiger partial charge in [0, 0.05) is 18.1 Å². The molecule has 0 atom stereocenters. The van der Waals surface area contributed by atoms with Crippen molar-refractivity contribution in [2.75, 3.05) is 12.4 Å². The summed E-state index contributed by atoms with van der Waals surface area (Å²) in [6.07, 6.45) is 5.08. The number of nitrogens with one attached hydrogen (secondary N) is 2. The largest absolute Gasteiger partial charge is 0.497 e. The summed E-state index contributed by atoms with van der Waals surface area (Å²) in [5, 5.41) is 7.48. The average molecular weight is 286 g/mol. The lowest BCUT2D eigenvalue weighted by Crippen LogP contribution is -2.23. The Balaban J connectivity index is 1.84. The Hall–Kier alpha value is -2.47. The number of aromatic nitrogens is 1. The predicted molar refractivity (Wildman–Crippen MR) is 84.2 cm³/mol. The second kappa shape index (κ2) is 7.20. The normalized spacial score (nSPS) is 10.2. The molecule has 1 aromatic heterocycles. The third-order valence-corrected chi connectivity index (χ3v) is 2.63. The van der Waals surface area contributed by atoms with Crippen LogP contribution in [0.2, 0.25) is 0 Å². The summed E-state index contributed by atoms with van der Waals surface area (Å²) in [5.41, 5.74) is 4.55. The van der Waals surface area contributed by atoms with Crippen LogP contribution in [0.1, 0.15) is 5.56 Å². The van der Waals surface area contributed by atoms with Gasteiger partial charge < -0.3 is 10.1 Å². The number of thiocarbonyl (C=S) groups is 1. The van der Waals surface area contributed by atoms with E-state index in [1.165, 1.54) is 0 Å². The molecule has 0 spiro atoms. The van der Waals surface area contributed by atoms with Crippen molar-refractivity contribution in [3.05, 3.63) is 54.4 Å². The molecule has 0 saturated carbocycles. The van der Waals surface area contributed by atoms with Gasteiger partial charge in [0.15, 0.2) is 5.11 Å². The van der Waals surface area contributed by atoms with Crippen LogP contribution in [0.25, 0.3) is 0 Å². The number of benzene rings is 1. The second-order valence-corrected chi connectivity index (χ2v) is 4.24. The summed E-state index contributed by atoms with van der Waals surface area (Å²) in [5.74, 6) is 0.796. The molecule has 2 rings (SSSR count). The molecule has 0 unspecified atom stereocenters. The molecule has 0 aliphatic heterocycles. The van der Waals surface area contributed by atoms with Crippen LogP contribution in [-0.4, -0.2) is 23.4 Å². The molecule has 6 heteroatoms. The fourth-order valence-electron chi connectivity index (χ4n) is 1.45. The number of methoxy groups -OCH3 is 1. The fourth-order valence-corrected chi connectivity index (χ4v) is 1.62. The third kappa shape index (κ3) is 4.33. The van der Waals surface area contributed by atoms with E-state index >= 15 is 0 Å². The van der Waals surface area contributed by atoms with Gasteiger partial charge in [0.1, 0.15) is 5.75 Å². The van der Waals surface area contributed by atoms with E-state index in [1.807, 2.05) is 36.4 Å². The van der Waals surface area contributed by atoms with Crippen LogP contribution in [-0.2, 0) is 0 Å². The highest BCUT2D eigenvalue weighted by atomic mass is 32.1. The van der Waals surface area contributed by atoms with Gasteiger partial charge in [0.05, 0.1) is 13.3 Å². The van der Waals surface area contributed by atoms with Crippen molar-refractivity contribution in [3.8, 4) is 5.75 Å². The van der Waals surface area contributed by atoms with Gasteiger partial charge in [-0.05, 0) is 54.2 Å². The molecule has 0 aliphatic carbocycles. The van der Waals surface area contributed by atoms with Crippen molar-refractivity contribution in [2.24, 2.45) is 5.10 Å². The van der Waals surface area contributed by atoms with E-state index in [9.17, 15) is 0 Å². The van der Waals surface area contributed by atoms with E-state index < -0.39 is 0 Å².